The lowest BCUT2D eigenvalue weighted by molar-refractivity contribution is 0.586. The van der Waals surface area contributed by atoms with Gasteiger partial charge < -0.3 is 15.2 Å². The minimum Gasteiger partial charge on any atom is -0.354 e. The van der Waals surface area contributed by atoms with E-state index < -0.39 is 9.84 Å². The smallest absolute Gasteiger partial charge is 0.221 e. The molecule has 0 atom stereocenters. The van der Waals surface area contributed by atoms with E-state index >= 15 is 0 Å². The molecule has 1 aliphatic rings. The van der Waals surface area contributed by atoms with Crippen LogP contribution < -0.4 is 10.2 Å². The summed E-state index contributed by atoms with van der Waals surface area (Å²) in [5, 5.41) is 13.1. The molecule has 0 spiro atoms. The number of sulfone groups is 1. The second-order valence-electron chi connectivity index (χ2n) is 6.11. The molecule has 1 aromatic carbocycles. The van der Waals surface area contributed by atoms with Crippen molar-refractivity contribution in [2.45, 2.75) is 9.92 Å². The number of nitriles is 1. The topological polar surface area (TPSA) is 102 Å². The van der Waals surface area contributed by atoms with Crippen molar-refractivity contribution >= 4 is 26.6 Å². The summed E-state index contributed by atoms with van der Waals surface area (Å²) in [7, 11) is -3.70. The Labute approximate surface area is 151 Å². The SMILES string of the molecule is N#Cc1ccc(S(=O)(=O)c2cc3c(N4CCNCC4)nccc3[nH]2)cc1. The Hall–Kier alpha value is -2.89. The Morgan fingerprint density at radius 2 is 1.85 bits per heavy atom. The van der Waals surface area contributed by atoms with E-state index in [9.17, 15) is 8.42 Å². The number of benzene rings is 1. The van der Waals surface area contributed by atoms with Crippen molar-refractivity contribution in [3.63, 3.8) is 0 Å². The van der Waals surface area contributed by atoms with E-state index in [4.69, 9.17) is 5.26 Å². The fourth-order valence-corrected chi connectivity index (χ4v) is 4.39. The van der Waals surface area contributed by atoms with Crippen molar-refractivity contribution in [2.75, 3.05) is 31.1 Å². The van der Waals surface area contributed by atoms with Crippen molar-refractivity contribution in [3.8, 4) is 6.07 Å². The summed E-state index contributed by atoms with van der Waals surface area (Å²) in [6.07, 6.45) is 1.69. The highest BCUT2D eigenvalue weighted by Gasteiger charge is 2.23. The molecule has 0 radical (unpaired) electrons. The minimum atomic E-state index is -3.70. The molecule has 0 saturated carbocycles. The maximum absolute atomic E-state index is 12.9. The maximum Gasteiger partial charge on any atom is 0.221 e. The van der Waals surface area contributed by atoms with Gasteiger partial charge in [-0.2, -0.15) is 5.26 Å². The molecule has 0 bridgehead atoms. The first kappa shape index (κ1) is 16.6. The van der Waals surface area contributed by atoms with Crippen LogP contribution in [0.5, 0.6) is 0 Å². The Balaban J connectivity index is 1.78. The Kier molecular flexibility index (Phi) is 4.11. The van der Waals surface area contributed by atoms with Crippen LogP contribution in [-0.2, 0) is 9.84 Å². The normalized spacial score (nSPS) is 15.1. The zero-order valence-corrected chi connectivity index (χ0v) is 14.8. The molecule has 1 aliphatic heterocycles. The van der Waals surface area contributed by atoms with Crippen LogP contribution in [0.4, 0.5) is 5.82 Å². The lowest BCUT2D eigenvalue weighted by atomic mass is 10.2. The van der Waals surface area contributed by atoms with Gasteiger partial charge in [0.25, 0.3) is 0 Å². The summed E-state index contributed by atoms with van der Waals surface area (Å²) in [5.41, 5.74) is 1.16. The van der Waals surface area contributed by atoms with Gasteiger partial charge in [-0.1, -0.05) is 0 Å². The number of pyridine rings is 1. The highest BCUT2D eigenvalue weighted by atomic mass is 32.2. The second kappa shape index (κ2) is 6.44. The largest absolute Gasteiger partial charge is 0.354 e. The van der Waals surface area contributed by atoms with Gasteiger partial charge in [0.15, 0.2) is 0 Å². The van der Waals surface area contributed by atoms with Crippen LogP contribution in [0.15, 0.2) is 52.5 Å². The highest BCUT2D eigenvalue weighted by molar-refractivity contribution is 7.91. The van der Waals surface area contributed by atoms with Crippen molar-refractivity contribution in [1.82, 2.24) is 15.3 Å². The first-order valence-corrected chi connectivity index (χ1v) is 9.76. The number of aromatic amines is 1. The van der Waals surface area contributed by atoms with E-state index in [1.807, 2.05) is 6.07 Å². The molecule has 0 aliphatic carbocycles. The molecule has 132 valence electrons. The van der Waals surface area contributed by atoms with Gasteiger partial charge in [0.2, 0.25) is 9.84 Å². The van der Waals surface area contributed by atoms with Gasteiger partial charge >= 0.3 is 0 Å². The first-order chi connectivity index (χ1) is 12.6. The van der Waals surface area contributed by atoms with Gasteiger partial charge in [-0.25, -0.2) is 13.4 Å². The highest BCUT2D eigenvalue weighted by Crippen LogP contribution is 2.29. The number of anilines is 1. The van der Waals surface area contributed by atoms with E-state index in [0.717, 1.165) is 42.9 Å². The molecule has 3 aromatic rings. The molecule has 7 nitrogen and oxygen atoms in total. The van der Waals surface area contributed by atoms with E-state index in [1.165, 1.54) is 24.3 Å². The summed E-state index contributed by atoms with van der Waals surface area (Å²) in [4.78, 5) is 9.79. The van der Waals surface area contributed by atoms with Crippen molar-refractivity contribution < 1.29 is 8.42 Å². The molecule has 3 heterocycles. The lowest BCUT2D eigenvalue weighted by Gasteiger charge is -2.28. The second-order valence-corrected chi connectivity index (χ2v) is 8.02. The van der Waals surface area contributed by atoms with E-state index in [1.54, 1.807) is 18.3 Å². The number of hydrogen-bond donors (Lipinski definition) is 2. The number of H-pyrrole nitrogens is 1. The van der Waals surface area contributed by atoms with Gasteiger partial charge in [-0.05, 0) is 36.4 Å². The molecule has 1 fully saturated rings. The van der Waals surface area contributed by atoms with Crippen LogP contribution >= 0.6 is 0 Å². The summed E-state index contributed by atoms with van der Waals surface area (Å²) in [6.45, 7) is 3.40. The predicted octanol–water partition coefficient (Wildman–Crippen LogP) is 1.68. The quantitative estimate of drug-likeness (QED) is 0.730. The number of aromatic nitrogens is 2. The number of nitrogens with one attached hydrogen (secondary N) is 2. The molecule has 2 N–H and O–H groups in total. The number of hydrogen-bond acceptors (Lipinski definition) is 6. The van der Waals surface area contributed by atoms with Gasteiger partial charge in [0.05, 0.1) is 22.0 Å². The third kappa shape index (κ3) is 2.81. The Morgan fingerprint density at radius 3 is 2.54 bits per heavy atom. The fourth-order valence-electron chi connectivity index (χ4n) is 3.12. The molecule has 8 heteroatoms. The van der Waals surface area contributed by atoms with Gasteiger partial charge in [-0.3, -0.25) is 0 Å². The summed E-state index contributed by atoms with van der Waals surface area (Å²) < 4.78 is 25.9. The molecular weight excluding hydrogens is 350 g/mol. The zero-order chi connectivity index (χ0) is 18.1. The Morgan fingerprint density at radius 1 is 1.12 bits per heavy atom. The predicted molar refractivity (Wildman–Crippen MR) is 97.8 cm³/mol. The maximum atomic E-state index is 12.9. The standard InChI is InChI=1S/C18H17N5O2S/c19-12-13-1-3-14(4-2-13)26(24,25)17-11-15-16(22-17)5-6-21-18(15)23-9-7-20-8-10-23/h1-6,11,20,22H,7-10H2. The molecule has 4 rings (SSSR count). The summed E-state index contributed by atoms with van der Waals surface area (Å²) >= 11 is 0. The minimum absolute atomic E-state index is 0.126. The molecule has 26 heavy (non-hydrogen) atoms. The van der Waals surface area contributed by atoms with Crippen LogP contribution in [0.3, 0.4) is 0 Å². The molecule has 0 unspecified atom stereocenters. The van der Waals surface area contributed by atoms with E-state index in [2.05, 4.69) is 20.2 Å². The van der Waals surface area contributed by atoms with Crippen molar-refractivity contribution in [2.24, 2.45) is 0 Å². The molecule has 2 aromatic heterocycles. The number of fused-ring (bicyclic) bond motifs is 1. The molecule has 1 saturated heterocycles. The van der Waals surface area contributed by atoms with Gasteiger partial charge in [-0.15, -0.1) is 0 Å². The van der Waals surface area contributed by atoms with E-state index in [0.29, 0.717) is 5.56 Å². The molecular formula is C18H17N5O2S. The van der Waals surface area contributed by atoms with Crippen LogP contribution in [0.1, 0.15) is 5.56 Å². The fraction of sp³-hybridized carbons (Fsp3) is 0.222. The zero-order valence-electron chi connectivity index (χ0n) is 13.9. The lowest BCUT2D eigenvalue weighted by Crippen LogP contribution is -2.43. The van der Waals surface area contributed by atoms with Gasteiger partial charge in [0.1, 0.15) is 10.8 Å². The Bertz CT molecular complexity index is 1090. The van der Waals surface area contributed by atoms with Crippen LogP contribution in [0.25, 0.3) is 10.9 Å². The van der Waals surface area contributed by atoms with Crippen molar-refractivity contribution in [1.29, 1.82) is 5.26 Å². The van der Waals surface area contributed by atoms with Crippen molar-refractivity contribution in [3.05, 3.63) is 48.2 Å². The summed E-state index contributed by atoms with van der Waals surface area (Å²) in [6, 6.07) is 11.3. The number of piperazine rings is 1. The van der Waals surface area contributed by atoms with E-state index in [-0.39, 0.29) is 9.92 Å². The van der Waals surface area contributed by atoms with Crippen LogP contribution in [0, 0.1) is 11.3 Å². The number of nitrogens with zero attached hydrogens (tertiary/aromatic N) is 3. The molecule has 0 amide bonds. The summed E-state index contributed by atoms with van der Waals surface area (Å²) in [5.74, 6) is 0.793. The van der Waals surface area contributed by atoms with Gasteiger partial charge in [0, 0.05) is 37.8 Å². The van der Waals surface area contributed by atoms with Crippen LogP contribution in [0.2, 0.25) is 0 Å². The van der Waals surface area contributed by atoms with Crippen LogP contribution in [-0.4, -0.2) is 44.6 Å². The number of rotatable bonds is 3. The third-order valence-corrected chi connectivity index (χ3v) is 6.19. The third-order valence-electron chi connectivity index (χ3n) is 4.50. The average Bonchev–Trinajstić information content (AvgIpc) is 3.14. The first-order valence-electron chi connectivity index (χ1n) is 8.28. The monoisotopic (exact) mass is 367 g/mol. The average molecular weight is 367 g/mol.